The van der Waals surface area contributed by atoms with Crippen LogP contribution in [0.4, 0.5) is 4.39 Å². The van der Waals surface area contributed by atoms with Gasteiger partial charge in [0.25, 0.3) is 5.91 Å². The van der Waals surface area contributed by atoms with Crippen LogP contribution >= 0.6 is 0 Å². The first-order valence-corrected chi connectivity index (χ1v) is 10.6. The lowest BCUT2D eigenvalue weighted by Crippen LogP contribution is -2.41. The maximum absolute atomic E-state index is 13.6. The number of benzene rings is 2. The summed E-state index contributed by atoms with van der Waals surface area (Å²) < 4.78 is 13.6. The fourth-order valence-electron chi connectivity index (χ4n) is 4.34. The number of piperidine rings is 1. The van der Waals surface area contributed by atoms with Crippen molar-refractivity contribution in [3.05, 3.63) is 76.7 Å². The lowest BCUT2D eigenvalue weighted by molar-refractivity contribution is -0.133. The van der Waals surface area contributed by atoms with E-state index in [9.17, 15) is 14.0 Å². The predicted molar refractivity (Wildman–Crippen MR) is 118 cm³/mol. The van der Waals surface area contributed by atoms with Crippen molar-refractivity contribution in [1.82, 2.24) is 9.88 Å². The number of carbonyl (C=O) groups excluding carboxylic acids is 2. The normalized spacial score (nSPS) is 17.5. The number of nitrogens with two attached hydrogens (primary N) is 1. The van der Waals surface area contributed by atoms with Crippen LogP contribution in [0.25, 0.3) is 10.9 Å². The molecule has 1 fully saturated rings. The molecule has 1 aromatic heterocycles. The van der Waals surface area contributed by atoms with Crippen molar-refractivity contribution < 1.29 is 14.0 Å². The maximum Gasteiger partial charge on any atom is 0.250 e. The molecule has 160 valence electrons. The minimum Gasteiger partial charge on any atom is -0.366 e. The number of hydrogen-bond acceptors (Lipinski definition) is 3. The van der Waals surface area contributed by atoms with Crippen LogP contribution in [0.3, 0.4) is 0 Å². The molecule has 5 nitrogen and oxygen atoms in total. The summed E-state index contributed by atoms with van der Waals surface area (Å²) in [4.78, 5) is 31.9. The van der Waals surface area contributed by atoms with Gasteiger partial charge in [0.15, 0.2) is 0 Å². The molecule has 1 aliphatic rings. The van der Waals surface area contributed by atoms with Crippen molar-refractivity contribution in [2.24, 2.45) is 5.73 Å². The van der Waals surface area contributed by atoms with Crippen LogP contribution in [0, 0.1) is 12.7 Å². The predicted octanol–water partition coefficient (Wildman–Crippen LogP) is 4.29. The molecule has 2 amide bonds. The van der Waals surface area contributed by atoms with Gasteiger partial charge in [-0.05, 0) is 56.5 Å². The van der Waals surface area contributed by atoms with Crippen LogP contribution in [0.5, 0.6) is 0 Å². The Morgan fingerprint density at radius 2 is 1.90 bits per heavy atom. The maximum atomic E-state index is 13.6. The number of halogens is 1. The highest BCUT2D eigenvalue weighted by atomic mass is 19.1. The first-order valence-electron chi connectivity index (χ1n) is 10.6. The van der Waals surface area contributed by atoms with Crippen LogP contribution in [-0.4, -0.2) is 34.8 Å². The van der Waals surface area contributed by atoms with Gasteiger partial charge in [-0.15, -0.1) is 0 Å². The summed E-state index contributed by atoms with van der Waals surface area (Å²) in [5.41, 5.74) is 9.27. The van der Waals surface area contributed by atoms with E-state index in [1.54, 1.807) is 12.1 Å². The Balaban J connectivity index is 1.62. The molecule has 3 aromatic rings. The van der Waals surface area contributed by atoms with Gasteiger partial charge in [-0.2, -0.15) is 0 Å². The zero-order valence-electron chi connectivity index (χ0n) is 17.8. The molecule has 2 unspecified atom stereocenters. The number of aryl methyl sites for hydroxylation is 1. The van der Waals surface area contributed by atoms with Crippen LogP contribution in [0.15, 0.2) is 48.5 Å². The van der Waals surface area contributed by atoms with Crippen molar-refractivity contribution >= 4 is 22.7 Å². The second kappa shape index (κ2) is 8.46. The molecule has 0 aliphatic carbocycles. The molecule has 31 heavy (non-hydrogen) atoms. The van der Waals surface area contributed by atoms with Crippen molar-refractivity contribution in [2.75, 3.05) is 13.1 Å². The van der Waals surface area contributed by atoms with E-state index in [0.29, 0.717) is 35.2 Å². The van der Waals surface area contributed by atoms with E-state index in [1.165, 1.54) is 12.1 Å². The minimum atomic E-state index is -0.592. The summed E-state index contributed by atoms with van der Waals surface area (Å²) >= 11 is 0. The molecule has 0 saturated carbocycles. The molecular weight excluding hydrogens is 393 g/mol. The lowest BCUT2D eigenvalue weighted by atomic mass is 9.89. The van der Waals surface area contributed by atoms with E-state index in [4.69, 9.17) is 5.73 Å². The SMILES string of the molecule is Cc1ccc(C(C)C(=O)N2CCCC(c3nc4ccc(F)cc4cc3C(N)=O)C2)cc1. The van der Waals surface area contributed by atoms with E-state index < -0.39 is 11.7 Å². The summed E-state index contributed by atoms with van der Waals surface area (Å²) in [6, 6.07) is 13.9. The average Bonchev–Trinajstić information content (AvgIpc) is 2.77. The number of primary amides is 1. The fourth-order valence-corrected chi connectivity index (χ4v) is 4.34. The molecule has 2 N–H and O–H groups in total. The van der Waals surface area contributed by atoms with Gasteiger partial charge in [-0.1, -0.05) is 29.8 Å². The van der Waals surface area contributed by atoms with Crippen molar-refractivity contribution in [1.29, 1.82) is 0 Å². The third kappa shape index (κ3) is 4.29. The first-order chi connectivity index (χ1) is 14.8. The Bertz CT molecular complexity index is 1140. The van der Waals surface area contributed by atoms with Crippen LogP contribution in [0.2, 0.25) is 0 Å². The van der Waals surface area contributed by atoms with Crippen molar-refractivity contribution in [3.63, 3.8) is 0 Å². The molecule has 2 heterocycles. The summed E-state index contributed by atoms with van der Waals surface area (Å²) in [6.07, 6.45) is 1.63. The van der Waals surface area contributed by atoms with E-state index in [0.717, 1.165) is 24.0 Å². The highest BCUT2D eigenvalue weighted by molar-refractivity contribution is 5.98. The van der Waals surface area contributed by atoms with E-state index in [2.05, 4.69) is 4.98 Å². The summed E-state index contributed by atoms with van der Waals surface area (Å²) in [5, 5.41) is 0.536. The number of hydrogen-bond donors (Lipinski definition) is 1. The highest BCUT2D eigenvalue weighted by Crippen LogP contribution is 2.32. The zero-order valence-corrected chi connectivity index (χ0v) is 17.8. The molecular formula is C25H26FN3O2. The third-order valence-electron chi connectivity index (χ3n) is 6.14. The van der Waals surface area contributed by atoms with E-state index in [-0.39, 0.29) is 17.7 Å². The van der Waals surface area contributed by atoms with Crippen LogP contribution in [0.1, 0.15) is 58.8 Å². The molecule has 0 radical (unpaired) electrons. The third-order valence-corrected chi connectivity index (χ3v) is 6.14. The standard InChI is InChI=1S/C25H26FN3O2/c1-15-5-7-17(8-6-15)16(2)25(31)29-11-3-4-18(14-29)23-21(24(27)30)13-19-12-20(26)9-10-22(19)28-23/h5-10,12-13,16,18H,3-4,11,14H2,1-2H3,(H2,27,30). The largest absolute Gasteiger partial charge is 0.366 e. The molecule has 2 aromatic carbocycles. The molecule has 4 rings (SSSR count). The van der Waals surface area contributed by atoms with Gasteiger partial charge in [0.1, 0.15) is 5.82 Å². The van der Waals surface area contributed by atoms with Crippen LogP contribution < -0.4 is 5.73 Å². The Morgan fingerprint density at radius 1 is 1.16 bits per heavy atom. The Kier molecular flexibility index (Phi) is 5.72. The summed E-state index contributed by atoms with van der Waals surface area (Å²) in [6.45, 7) is 5.10. The quantitative estimate of drug-likeness (QED) is 0.685. The second-order valence-corrected chi connectivity index (χ2v) is 8.38. The van der Waals surface area contributed by atoms with Gasteiger partial charge in [-0.3, -0.25) is 14.6 Å². The van der Waals surface area contributed by atoms with Crippen LogP contribution in [-0.2, 0) is 4.79 Å². The minimum absolute atomic E-state index is 0.0667. The Hall–Kier alpha value is -3.28. The van der Waals surface area contributed by atoms with E-state index >= 15 is 0 Å². The van der Waals surface area contributed by atoms with Crippen molar-refractivity contribution in [3.8, 4) is 0 Å². The highest BCUT2D eigenvalue weighted by Gasteiger charge is 2.31. The molecule has 1 saturated heterocycles. The number of rotatable bonds is 4. The second-order valence-electron chi connectivity index (χ2n) is 8.38. The number of carbonyl (C=O) groups is 2. The molecule has 0 bridgehead atoms. The Morgan fingerprint density at radius 3 is 2.61 bits per heavy atom. The number of pyridine rings is 1. The smallest absolute Gasteiger partial charge is 0.250 e. The van der Waals surface area contributed by atoms with Gasteiger partial charge < -0.3 is 10.6 Å². The molecule has 6 heteroatoms. The number of amides is 2. The van der Waals surface area contributed by atoms with Crippen molar-refractivity contribution in [2.45, 2.75) is 38.5 Å². The number of nitrogens with zero attached hydrogens (tertiary/aromatic N) is 2. The molecule has 0 spiro atoms. The summed E-state index contributed by atoms with van der Waals surface area (Å²) in [7, 11) is 0. The van der Waals surface area contributed by atoms with Gasteiger partial charge >= 0.3 is 0 Å². The summed E-state index contributed by atoms with van der Waals surface area (Å²) in [5.74, 6) is -1.26. The molecule has 2 atom stereocenters. The topological polar surface area (TPSA) is 76.3 Å². The number of likely N-dealkylation sites (tertiary alicyclic amines) is 1. The lowest BCUT2D eigenvalue weighted by Gasteiger charge is -2.34. The van der Waals surface area contributed by atoms with Gasteiger partial charge in [0, 0.05) is 24.4 Å². The average molecular weight is 420 g/mol. The van der Waals surface area contributed by atoms with Gasteiger partial charge in [0.2, 0.25) is 5.91 Å². The fraction of sp³-hybridized carbons (Fsp3) is 0.320. The number of fused-ring (bicyclic) bond motifs is 1. The zero-order chi connectivity index (χ0) is 22.1. The molecule has 1 aliphatic heterocycles. The first kappa shape index (κ1) is 21.0. The van der Waals surface area contributed by atoms with Gasteiger partial charge in [0.05, 0.1) is 22.7 Å². The van der Waals surface area contributed by atoms with Gasteiger partial charge in [-0.25, -0.2) is 4.39 Å². The number of aromatic nitrogens is 1. The monoisotopic (exact) mass is 419 g/mol. The Labute approximate surface area is 181 Å². The van der Waals surface area contributed by atoms with E-state index in [1.807, 2.05) is 43.0 Å².